The number of carboxylic acids is 1. The van der Waals surface area contributed by atoms with Crippen LogP contribution in [-0.4, -0.2) is 11.1 Å². The van der Waals surface area contributed by atoms with Gasteiger partial charge in [-0.05, 0) is 47.4 Å². The minimum Gasteiger partial charge on any atom is -0.485 e. The molecule has 140 valence electrons. The largest absolute Gasteiger partial charge is 0.485 e. The fourth-order valence-corrected chi connectivity index (χ4v) is 3.63. The quantitative estimate of drug-likeness (QED) is 0.668. The van der Waals surface area contributed by atoms with Crippen LogP contribution >= 0.6 is 0 Å². The molecule has 0 aliphatic carbocycles. The van der Waals surface area contributed by atoms with Crippen molar-refractivity contribution in [3.63, 3.8) is 0 Å². The van der Waals surface area contributed by atoms with Crippen molar-refractivity contribution in [3.8, 4) is 5.75 Å². The molecule has 0 saturated carbocycles. The predicted molar refractivity (Wildman–Crippen MR) is 106 cm³/mol. The van der Waals surface area contributed by atoms with Crippen LogP contribution in [0.3, 0.4) is 0 Å². The number of hydrogen-bond donors (Lipinski definition) is 1. The third kappa shape index (κ3) is 5.10. The standard InChI is InChI=1S/C23H30O3/c1-16(17-10-8-7-9-11-17)26-20-13-12-18(14-19(20)21(24)25)23(5,6)15-22(2,3)4/h7-14,16H,15H2,1-6H3,(H,24,25). The number of aromatic carboxylic acids is 1. The molecule has 0 amide bonds. The van der Waals surface area contributed by atoms with Gasteiger partial charge in [0.05, 0.1) is 0 Å². The normalized spacial score (nSPS) is 13.3. The lowest BCUT2D eigenvalue weighted by Gasteiger charge is -2.33. The average molecular weight is 354 g/mol. The van der Waals surface area contributed by atoms with E-state index in [1.165, 1.54) is 0 Å². The predicted octanol–water partition coefficient (Wildman–Crippen LogP) is 6.24. The summed E-state index contributed by atoms with van der Waals surface area (Å²) in [5.41, 5.74) is 2.29. The Balaban J connectivity index is 2.33. The van der Waals surface area contributed by atoms with Crippen LogP contribution < -0.4 is 4.74 Å². The summed E-state index contributed by atoms with van der Waals surface area (Å²) in [4.78, 5) is 11.8. The summed E-state index contributed by atoms with van der Waals surface area (Å²) in [5, 5.41) is 9.69. The van der Waals surface area contributed by atoms with Gasteiger partial charge in [0.2, 0.25) is 0 Å². The highest BCUT2D eigenvalue weighted by Gasteiger charge is 2.29. The highest BCUT2D eigenvalue weighted by Crippen LogP contribution is 2.38. The average Bonchev–Trinajstić information content (AvgIpc) is 2.53. The second-order valence-electron chi connectivity index (χ2n) is 8.81. The van der Waals surface area contributed by atoms with Gasteiger partial charge in [0.25, 0.3) is 0 Å². The summed E-state index contributed by atoms with van der Waals surface area (Å²) in [6, 6.07) is 15.4. The van der Waals surface area contributed by atoms with Crippen LogP contribution in [0.2, 0.25) is 0 Å². The van der Waals surface area contributed by atoms with Gasteiger partial charge in [0.1, 0.15) is 17.4 Å². The van der Waals surface area contributed by atoms with Gasteiger partial charge in [0, 0.05) is 0 Å². The zero-order valence-electron chi connectivity index (χ0n) is 16.7. The van der Waals surface area contributed by atoms with Crippen molar-refractivity contribution in [1.82, 2.24) is 0 Å². The molecule has 0 spiro atoms. The van der Waals surface area contributed by atoms with Crippen LogP contribution in [0.25, 0.3) is 0 Å². The SMILES string of the molecule is CC(Oc1ccc(C(C)(C)CC(C)(C)C)cc1C(=O)O)c1ccccc1. The molecule has 0 bridgehead atoms. The molecule has 0 radical (unpaired) electrons. The van der Waals surface area contributed by atoms with Gasteiger partial charge in [-0.3, -0.25) is 0 Å². The molecule has 26 heavy (non-hydrogen) atoms. The molecule has 0 heterocycles. The van der Waals surface area contributed by atoms with E-state index in [1.54, 1.807) is 12.1 Å². The number of benzene rings is 2. The van der Waals surface area contributed by atoms with Crippen LogP contribution in [0.5, 0.6) is 5.75 Å². The molecule has 3 nitrogen and oxygen atoms in total. The molecule has 2 aromatic rings. The first kappa shape index (κ1) is 20.0. The maximum Gasteiger partial charge on any atom is 0.339 e. The smallest absolute Gasteiger partial charge is 0.339 e. The maximum absolute atomic E-state index is 11.8. The summed E-state index contributed by atoms with van der Waals surface area (Å²) in [7, 11) is 0. The van der Waals surface area contributed by atoms with Crippen LogP contribution in [0.4, 0.5) is 0 Å². The van der Waals surface area contributed by atoms with E-state index in [9.17, 15) is 9.90 Å². The lowest BCUT2D eigenvalue weighted by atomic mass is 9.72. The Bertz CT molecular complexity index is 755. The lowest BCUT2D eigenvalue weighted by molar-refractivity contribution is 0.0689. The van der Waals surface area contributed by atoms with E-state index in [4.69, 9.17) is 4.74 Å². The molecule has 2 aromatic carbocycles. The first-order valence-electron chi connectivity index (χ1n) is 9.09. The van der Waals surface area contributed by atoms with Crippen molar-refractivity contribution in [2.45, 2.75) is 59.5 Å². The Kier molecular flexibility index (Phi) is 5.80. The van der Waals surface area contributed by atoms with E-state index in [0.717, 1.165) is 17.5 Å². The molecule has 1 unspecified atom stereocenters. The van der Waals surface area contributed by atoms with Crippen molar-refractivity contribution in [2.24, 2.45) is 5.41 Å². The van der Waals surface area contributed by atoms with Gasteiger partial charge in [-0.1, -0.05) is 71.0 Å². The van der Waals surface area contributed by atoms with Gasteiger partial charge in [-0.2, -0.15) is 0 Å². The molecule has 2 rings (SSSR count). The summed E-state index contributed by atoms with van der Waals surface area (Å²) in [5.74, 6) is -0.558. The first-order chi connectivity index (χ1) is 12.0. The van der Waals surface area contributed by atoms with Gasteiger partial charge in [0.15, 0.2) is 0 Å². The highest BCUT2D eigenvalue weighted by atomic mass is 16.5. The minimum absolute atomic E-state index is 0.119. The fraction of sp³-hybridized carbons (Fsp3) is 0.435. The van der Waals surface area contributed by atoms with E-state index in [0.29, 0.717) is 5.75 Å². The Morgan fingerprint density at radius 1 is 1.04 bits per heavy atom. The maximum atomic E-state index is 11.8. The van der Waals surface area contributed by atoms with E-state index in [1.807, 2.05) is 43.3 Å². The molecule has 0 aliphatic rings. The monoisotopic (exact) mass is 354 g/mol. The number of carbonyl (C=O) groups is 1. The topological polar surface area (TPSA) is 46.5 Å². The highest BCUT2D eigenvalue weighted by molar-refractivity contribution is 5.91. The van der Waals surface area contributed by atoms with Gasteiger partial charge in [-0.25, -0.2) is 4.79 Å². The molecule has 1 N–H and O–H groups in total. The van der Waals surface area contributed by atoms with Crippen molar-refractivity contribution in [3.05, 3.63) is 65.2 Å². The Morgan fingerprint density at radius 3 is 2.19 bits per heavy atom. The van der Waals surface area contributed by atoms with E-state index in [-0.39, 0.29) is 22.5 Å². The van der Waals surface area contributed by atoms with Gasteiger partial charge in [-0.15, -0.1) is 0 Å². The third-order valence-corrected chi connectivity index (χ3v) is 4.54. The molecule has 1 atom stereocenters. The molecular weight excluding hydrogens is 324 g/mol. The van der Waals surface area contributed by atoms with Crippen LogP contribution in [0, 0.1) is 5.41 Å². The second kappa shape index (κ2) is 7.53. The summed E-state index contributed by atoms with van der Waals surface area (Å²) < 4.78 is 5.98. The van der Waals surface area contributed by atoms with E-state index < -0.39 is 5.97 Å². The number of rotatable bonds is 6. The number of carboxylic acid groups (broad SMARTS) is 1. The molecule has 0 fully saturated rings. The van der Waals surface area contributed by atoms with Gasteiger partial charge >= 0.3 is 5.97 Å². The van der Waals surface area contributed by atoms with Crippen LogP contribution in [0.1, 0.15) is 75.6 Å². The van der Waals surface area contributed by atoms with Gasteiger partial charge < -0.3 is 9.84 Å². The number of ether oxygens (including phenoxy) is 1. The molecular formula is C23H30O3. The van der Waals surface area contributed by atoms with Crippen LogP contribution in [0.15, 0.2) is 48.5 Å². The molecule has 0 saturated heterocycles. The fourth-order valence-electron chi connectivity index (χ4n) is 3.63. The van der Waals surface area contributed by atoms with E-state index >= 15 is 0 Å². The molecule has 0 aliphatic heterocycles. The molecule has 3 heteroatoms. The zero-order valence-corrected chi connectivity index (χ0v) is 16.7. The van der Waals surface area contributed by atoms with Crippen molar-refractivity contribution >= 4 is 5.97 Å². The zero-order chi connectivity index (χ0) is 19.5. The third-order valence-electron chi connectivity index (χ3n) is 4.54. The van der Waals surface area contributed by atoms with E-state index in [2.05, 4.69) is 34.6 Å². The van der Waals surface area contributed by atoms with Crippen molar-refractivity contribution in [1.29, 1.82) is 0 Å². The van der Waals surface area contributed by atoms with Crippen LogP contribution in [-0.2, 0) is 5.41 Å². The Hall–Kier alpha value is -2.29. The summed E-state index contributed by atoms with van der Waals surface area (Å²) >= 11 is 0. The first-order valence-corrected chi connectivity index (χ1v) is 9.09. The number of hydrogen-bond acceptors (Lipinski definition) is 2. The lowest BCUT2D eigenvalue weighted by Crippen LogP contribution is -2.25. The summed E-state index contributed by atoms with van der Waals surface area (Å²) in [6.45, 7) is 12.8. The molecule has 0 aromatic heterocycles. The Labute approximate surface area is 157 Å². The second-order valence-corrected chi connectivity index (χ2v) is 8.81. The van der Waals surface area contributed by atoms with Crippen molar-refractivity contribution < 1.29 is 14.6 Å². The minimum atomic E-state index is -0.964. The summed E-state index contributed by atoms with van der Waals surface area (Å²) in [6.07, 6.45) is 0.738. The Morgan fingerprint density at radius 2 is 1.65 bits per heavy atom. The van der Waals surface area contributed by atoms with Crippen molar-refractivity contribution in [2.75, 3.05) is 0 Å².